The van der Waals surface area contributed by atoms with Gasteiger partial charge in [0.1, 0.15) is 0 Å². The minimum atomic E-state index is 0.439. The lowest BCUT2D eigenvalue weighted by molar-refractivity contribution is 0.506. The van der Waals surface area contributed by atoms with Crippen molar-refractivity contribution in [2.24, 2.45) is 10.9 Å². The van der Waals surface area contributed by atoms with Crippen LogP contribution in [0.1, 0.15) is 84.5 Å². The minimum absolute atomic E-state index is 0.439. The molecule has 0 fully saturated rings. The van der Waals surface area contributed by atoms with Crippen LogP contribution in [0.15, 0.2) is 4.99 Å². The van der Waals surface area contributed by atoms with Crippen molar-refractivity contribution < 1.29 is 0 Å². The molecule has 19 heavy (non-hydrogen) atoms. The fraction of sp³-hybridized carbons (Fsp3) is 0.882. The average molecular weight is 266 g/mol. The molecule has 0 amide bonds. The molecule has 0 saturated heterocycles. The summed E-state index contributed by atoms with van der Waals surface area (Å²) < 4.78 is 0. The highest BCUT2D eigenvalue weighted by molar-refractivity contribution is 6.29. The van der Waals surface area contributed by atoms with Crippen molar-refractivity contribution in [3.63, 3.8) is 0 Å². The van der Waals surface area contributed by atoms with Crippen molar-refractivity contribution in [1.29, 1.82) is 5.41 Å². The molecule has 2 nitrogen and oxygen atoms in total. The van der Waals surface area contributed by atoms with E-state index in [0.29, 0.717) is 5.92 Å². The Balaban J connectivity index is 3.61. The third kappa shape index (κ3) is 10.9. The van der Waals surface area contributed by atoms with Crippen LogP contribution in [0.2, 0.25) is 0 Å². The van der Waals surface area contributed by atoms with Gasteiger partial charge >= 0.3 is 0 Å². The van der Waals surface area contributed by atoms with Gasteiger partial charge in [0, 0.05) is 19.2 Å². The Morgan fingerprint density at radius 2 is 1.47 bits per heavy atom. The van der Waals surface area contributed by atoms with Gasteiger partial charge in [-0.3, -0.25) is 4.99 Å². The van der Waals surface area contributed by atoms with Gasteiger partial charge in [0.15, 0.2) is 0 Å². The second-order valence-corrected chi connectivity index (χ2v) is 5.59. The van der Waals surface area contributed by atoms with E-state index in [1.54, 1.807) is 13.3 Å². The standard InChI is InChI=1S/C17H34N2/c1-4-6-7-8-9-10-11-12-14-16(13-5-2)17(18)15-19-3/h15-16,18H,4-14H2,1-3H3/b18-17?,19-15-. The van der Waals surface area contributed by atoms with Crippen LogP contribution in [-0.2, 0) is 0 Å². The second-order valence-electron chi connectivity index (χ2n) is 5.59. The van der Waals surface area contributed by atoms with E-state index in [1.165, 1.54) is 64.2 Å². The first-order chi connectivity index (χ1) is 9.26. The van der Waals surface area contributed by atoms with Gasteiger partial charge in [-0.05, 0) is 12.8 Å². The van der Waals surface area contributed by atoms with E-state index in [0.717, 1.165) is 12.1 Å². The molecule has 0 aromatic carbocycles. The molecule has 1 N–H and O–H groups in total. The van der Waals surface area contributed by atoms with Crippen LogP contribution < -0.4 is 0 Å². The predicted octanol–water partition coefficient (Wildman–Crippen LogP) is 5.65. The van der Waals surface area contributed by atoms with Gasteiger partial charge in [0.2, 0.25) is 0 Å². The Morgan fingerprint density at radius 3 is 2.00 bits per heavy atom. The maximum atomic E-state index is 7.99. The molecule has 0 spiro atoms. The molecule has 0 aliphatic rings. The molecular formula is C17H34N2. The summed E-state index contributed by atoms with van der Waals surface area (Å²) in [5, 5.41) is 7.99. The third-order valence-electron chi connectivity index (χ3n) is 3.75. The van der Waals surface area contributed by atoms with E-state index in [-0.39, 0.29) is 0 Å². The molecular weight excluding hydrogens is 232 g/mol. The van der Waals surface area contributed by atoms with E-state index in [2.05, 4.69) is 18.8 Å². The minimum Gasteiger partial charge on any atom is -0.303 e. The monoisotopic (exact) mass is 266 g/mol. The van der Waals surface area contributed by atoms with Gasteiger partial charge in [0.25, 0.3) is 0 Å². The van der Waals surface area contributed by atoms with Crippen molar-refractivity contribution in [2.75, 3.05) is 7.05 Å². The highest BCUT2D eigenvalue weighted by atomic mass is 14.7. The molecule has 0 radical (unpaired) electrons. The first-order valence-corrected chi connectivity index (χ1v) is 8.26. The molecule has 0 bridgehead atoms. The van der Waals surface area contributed by atoms with Crippen LogP contribution in [0.5, 0.6) is 0 Å². The summed E-state index contributed by atoms with van der Waals surface area (Å²) in [4.78, 5) is 3.98. The first-order valence-electron chi connectivity index (χ1n) is 8.26. The fourth-order valence-corrected chi connectivity index (χ4v) is 2.57. The van der Waals surface area contributed by atoms with Crippen LogP contribution in [0.4, 0.5) is 0 Å². The molecule has 2 heteroatoms. The number of unbranched alkanes of at least 4 members (excludes halogenated alkanes) is 7. The summed E-state index contributed by atoms with van der Waals surface area (Å²) in [7, 11) is 1.76. The van der Waals surface area contributed by atoms with E-state index in [9.17, 15) is 0 Å². The first kappa shape index (κ1) is 18.3. The summed E-state index contributed by atoms with van der Waals surface area (Å²) in [6.07, 6.45) is 16.1. The average Bonchev–Trinajstić information content (AvgIpc) is 2.40. The molecule has 0 rings (SSSR count). The molecule has 0 saturated carbocycles. The lowest BCUT2D eigenvalue weighted by Gasteiger charge is -2.14. The number of rotatable bonds is 13. The van der Waals surface area contributed by atoms with E-state index in [4.69, 9.17) is 5.41 Å². The third-order valence-corrected chi connectivity index (χ3v) is 3.75. The van der Waals surface area contributed by atoms with E-state index >= 15 is 0 Å². The van der Waals surface area contributed by atoms with E-state index in [1.807, 2.05) is 0 Å². The molecule has 1 unspecified atom stereocenters. The zero-order valence-corrected chi connectivity index (χ0v) is 13.4. The van der Waals surface area contributed by atoms with Gasteiger partial charge in [-0.15, -0.1) is 0 Å². The normalized spacial score (nSPS) is 13.0. The molecule has 112 valence electrons. The van der Waals surface area contributed by atoms with Crippen LogP contribution in [0.3, 0.4) is 0 Å². The van der Waals surface area contributed by atoms with Crippen molar-refractivity contribution in [2.45, 2.75) is 84.5 Å². The van der Waals surface area contributed by atoms with Gasteiger partial charge in [0.05, 0.1) is 5.71 Å². The smallest absolute Gasteiger partial charge is 0.0522 e. The summed E-state index contributed by atoms with van der Waals surface area (Å²) in [6, 6.07) is 0. The molecule has 0 aromatic heterocycles. The maximum Gasteiger partial charge on any atom is 0.0522 e. The summed E-state index contributed by atoms with van der Waals surface area (Å²) >= 11 is 0. The molecule has 0 heterocycles. The topological polar surface area (TPSA) is 36.2 Å². The Morgan fingerprint density at radius 1 is 0.895 bits per heavy atom. The molecule has 1 atom stereocenters. The van der Waals surface area contributed by atoms with Crippen molar-refractivity contribution in [1.82, 2.24) is 0 Å². The number of nitrogens with zero attached hydrogens (tertiary/aromatic N) is 1. The lowest BCUT2D eigenvalue weighted by atomic mass is 9.92. The second kappa shape index (κ2) is 13.8. The Kier molecular flexibility index (Phi) is 13.3. The zero-order valence-electron chi connectivity index (χ0n) is 13.4. The van der Waals surface area contributed by atoms with Crippen LogP contribution in [0.25, 0.3) is 0 Å². The number of hydrogen-bond donors (Lipinski definition) is 1. The largest absolute Gasteiger partial charge is 0.303 e. The lowest BCUT2D eigenvalue weighted by Crippen LogP contribution is -2.14. The summed E-state index contributed by atoms with van der Waals surface area (Å²) in [5.41, 5.74) is 0.729. The highest BCUT2D eigenvalue weighted by Crippen LogP contribution is 2.17. The SMILES string of the molecule is CCCCCCCCCCC(CCC)C(=N)/C=N\C. The quantitative estimate of drug-likeness (QED) is 0.330. The van der Waals surface area contributed by atoms with Crippen LogP contribution >= 0.6 is 0 Å². The number of nitrogens with one attached hydrogen (secondary N) is 1. The van der Waals surface area contributed by atoms with Gasteiger partial charge in [-0.25, -0.2) is 0 Å². The van der Waals surface area contributed by atoms with Crippen molar-refractivity contribution >= 4 is 11.9 Å². The maximum absolute atomic E-state index is 7.99. The van der Waals surface area contributed by atoms with Crippen LogP contribution in [0, 0.1) is 11.3 Å². The Labute approximate surface area is 120 Å². The number of hydrogen-bond acceptors (Lipinski definition) is 2. The molecule has 0 aliphatic carbocycles. The van der Waals surface area contributed by atoms with Gasteiger partial charge in [-0.2, -0.15) is 0 Å². The van der Waals surface area contributed by atoms with Gasteiger partial charge < -0.3 is 5.41 Å². The van der Waals surface area contributed by atoms with E-state index < -0.39 is 0 Å². The zero-order chi connectivity index (χ0) is 14.3. The van der Waals surface area contributed by atoms with Crippen LogP contribution in [-0.4, -0.2) is 19.0 Å². The van der Waals surface area contributed by atoms with Crippen molar-refractivity contribution in [3.8, 4) is 0 Å². The fourth-order valence-electron chi connectivity index (χ4n) is 2.57. The summed E-state index contributed by atoms with van der Waals surface area (Å²) in [6.45, 7) is 4.47. The number of aliphatic imine (C=N–C) groups is 1. The van der Waals surface area contributed by atoms with Gasteiger partial charge in [-0.1, -0.05) is 71.6 Å². The molecule has 0 aliphatic heterocycles. The Bertz CT molecular complexity index is 233. The highest BCUT2D eigenvalue weighted by Gasteiger charge is 2.11. The molecule has 0 aromatic rings. The Hall–Kier alpha value is -0.660. The predicted molar refractivity (Wildman–Crippen MR) is 87.8 cm³/mol. The van der Waals surface area contributed by atoms with Crippen molar-refractivity contribution in [3.05, 3.63) is 0 Å². The summed E-state index contributed by atoms with van der Waals surface area (Å²) in [5.74, 6) is 0.439.